The second-order valence-corrected chi connectivity index (χ2v) is 6.81. The predicted molar refractivity (Wildman–Crippen MR) is 105 cm³/mol. The molecule has 0 spiro atoms. The Morgan fingerprint density at radius 2 is 1.60 bits per heavy atom. The lowest BCUT2D eigenvalue weighted by Crippen LogP contribution is -1.97. The molecule has 0 aliphatic heterocycles. The topological polar surface area (TPSA) is 68.9 Å². The summed E-state index contributed by atoms with van der Waals surface area (Å²) in [7, 11) is 3.13. The van der Waals surface area contributed by atoms with Crippen molar-refractivity contribution in [3.63, 3.8) is 0 Å². The number of hydrogen-bond donors (Lipinski definition) is 1. The van der Waals surface area contributed by atoms with Crippen LogP contribution in [0.15, 0.2) is 33.5 Å². The predicted octanol–water partition coefficient (Wildman–Crippen LogP) is 4.40. The third kappa shape index (κ3) is 2.95. The minimum atomic E-state index is -0.204. The molecule has 0 fully saturated rings. The highest BCUT2D eigenvalue weighted by Crippen LogP contribution is 2.38. The zero-order chi connectivity index (χ0) is 18.3. The molecule has 25 heavy (non-hydrogen) atoms. The average molecular weight is 452 g/mol. The summed E-state index contributed by atoms with van der Waals surface area (Å²) in [5.41, 5.74) is 1.14. The van der Waals surface area contributed by atoms with E-state index in [4.69, 9.17) is 13.9 Å². The number of halogens is 1. The van der Waals surface area contributed by atoms with Gasteiger partial charge in [-0.15, -0.1) is 0 Å². The molecule has 3 aromatic rings. The van der Waals surface area contributed by atoms with Gasteiger partial charge in [-0.25, -0.2) is 0 Å². The Hall–Kier alpha value is -2.22. The van der Waals surface area contributed by atoms with Crippen molar-refractivity contribution < 1.29 is 19.0 Å². The van der Waals surface area contributed by atoms with Gasteiger partial charge >= 0.3 is 0 Å². The number of rotatable bonds is 3. The van der Waals surface area contributed by atoms with E-state index in [0.717, 1.165) is 9.13 Å². The number of ether oxygens (including phenoxy) is 2. The fraction of sp³-hybridized carbons (Fsp3) is 0.211. The van der Waals surface area contributed by atoms with Crippen molar-refractivity contribution in [1.29, 1.82) is 0 Å². The van der Waals surface area contributed by atoms with E-state index >= 15 is 0 Å². The number of hydrogen-bond acceptors (Lipinski definition) is 5. The monoisotopic (exact) mass is 452 g/mol. The van der Waals surface area contributed by atoms with Crippen LogP contribution in [-0.4, -0.2) is 19.3 Å². The molecule has 3 rings (SSSR count). The molecule has 0 radical (unpaired) electrons. The highest BCUT2D eigenvalue weighted by molar-refractivity contribution is 14.1. The molecular formula is C19H17IO5. The van der Waals surface area contributed by atoms with Crippen LogP contribution in [0.4, 0.5) is 0 Å². The van der Waals surface area contributed by atoms with Crippen molar-refractivity contribution in [2.75, 3.05) is 14.2 Å². The number of fused-ring (bicyclic) bond motifs is 1. The summed E-state index contributed by atoms with van der Waals surface area (Å²) < 4.78 is 17.1. The summed E-state index contributed by atoms with van der Waals surface area (Å²) >= 11 is 2.15. The second kappa shape index (κ2) is 6.59. The van der Waals surface area contributed by atoms with Gasteiger partial charge in [-0.1, -0.05) is 0 Å². The van der Waals surface area contributed by atoms with Crippen LogP contribution in [0, 0.1) is 17.4 Å². The van der Waals surface area contributed by atoms with Crippen LogP contribution in [-0.2, 0) is 0 Å². The molecule has 0 aliphatic rings. The minimum Gasteiger partial charge on any atom is -0.507 e. The van der Waals surface area contributed by atoms with Crippen LogP contribution in [0.5, 0.6) is 17.2 Å². The molecule has 0 unspecified atom stereocenters. The summed E-state index contributed by atoms with van der Waals surface area (Å²) in [6, 6.07) is 6.74. The maximum Gasteiger partial charge on any atom is 0.190 e. The van der Waals surface area contributed by atoms with Gasteiger partial charge in [-0.05, 0) is 71.8 Å². The first kappa shape index (κ1) is 17.6. The SMILES string of the molecule is COc1cc(-c2cc(O)c3c(C)oc(C)c3c(=O)c2)cc(I)c1OC. The van der Waals surface area contributed by atoms with Crippen molar-refractivity contribution in [1.82, 2.24) is 0 Å². The van der Waals surface area contributed by atoms with E-state index in [1.807, 2.05) is 6.07 Å². The lowest BCUT2D eigenvalue weighted by Gasteiger charge is -2.11. The van der Waals surface area contributed by atoms with E-state index in [-0.39, 0.29) is 11.2 Å². The van der Waals surface area contributed by atoms with Crippen LogP contribution >= 0.6 is 22.6 Å². The fourth-order valence-electron chi connectivity index (χ4n) is 3.01. The molecule has 1 heterocycles. The number of furan rings is 1. The first-order chi connectivity index (χ1) is 11.9. The Bertz CT molecular complexity index is 1040. The van der Waals surface area contributed by atoms with Gasteiger partial charge < -0.3 is 19.0 Å². The molecule has 0 saturated carbocycles. The van der Waals surface area contributed by atoms with E-state index in [2.05, 4.69) is 22.6 Å². The Balaban J connectivity index is 2.35. The van der Waals surface area contributed by atoms with Crippen molar-refractivity contribution in [3.05, 3.63) is 49.6 Å². The van der Waals surface area contributed by atoms with Crippen molar-refractivity contribution in [3.8, 4) is 28.4 Å². The van der Waals surface area contributed by atoms with Crippen LogP contribution < -0.4 is 14.9 Å². The summed E-state index contributed by atoms with van der Waals surface area (Å²) in [5, 5.41) is 11.4. The zero-order valence-corrected chi connectivity index (χ0v) is 16.4. The minimum absolute atomic E-state index is 0.00578. The van der Waals surface area contributed by atoms with Crippen LogP contribution in [0.25, 0.3) is 21.9 Å². The first-order valence-corrected chi connectivity index (χ1v) is 8.64. The molecule has 1 N–H and O–H groups in total. The molecule has 6 heteroatoms. The average Bonchev–Trinajstić information content (AvgIpc) is 2.79. The molecule has 5 nitrogen and oxygen atoms in total. The summed E-state index contributed by atoms with van der Waals surface area (Å²) in [5.74, 6) is 2.21. The second-order valence-electron chi connectivity index (χ2n) is 5.65. The molecule has 0 amide bonds. The fourth-order valence-corrected chi connectivity index (χ4v) is 3.84. The molecule has 0 saturated heterocycles. The lowest BCUT2D eigenvalue weighted by molar-refractivity contribution is 0.353. The summed E-state index contributed by atoms with van der Waals surface area (Å²) in [6.07, 6.45) is 0. The van der Waals surface area contributed by atoms with Gasteiger partial charge in [0.15, 0.2) is 16.9 Å². The lowest BCUT2D eigenvalue weighted by atomic mass is 10.1. The van der Waals surface area contributed by atoms with E-state index < -0.39 is 0 Å². The van der Waals surface area contributed by atoms with Crippen LogP contribution in [0.1, 0.15) is 11.5 Å². The Morgan fingerprint density at radius 1 is 0.960 bits per heavy atom. The third-order valence-electron chi connectivity index (χ3n) is 4.11. The van der Waals surface area contributed by atoms with E-state index in [1.165, 1.54) is 6.07 Å². The number of benzene rings is 1. The van der Waals surface area contributed by atoms with E-state index in [1.54, 1.807) is 40.2 Å². The summed E-state index contributed by atoms with van der Waals surface area (Å²) in [4.78, 5) is 12.7. The van der Waals surface area contributed by atoms with Gasteiger partial charge in [-0.3, -0.25) is 4.79 Å². The van der Waals surface area contributed by atoms with E-state index in [0.29, 0.717) is 39.4 Å². The van der Waals surface area contributed by atoms with Crippen LogP contribution in [0.3, 0.4) is 0 Å². The van der Waals surface area contributed by atoms with Gasteiger partial charge in [0.2, 0.25) is 0 Å². The summed E-state index contributed by atoms with van der Waals surface area (Å²) in [6.45, 7) is 3.45. The van der Waals surface area contributed by atoms with Gasteiger partial charge in [0, 0.05) is 0 Å². The largest absolute Gasteiger partial charge is 0.507 e. The number of aromatic hydroxyl groups is 1. The molecule has 2 aromatic carbocycles. The Morgan fingerprint density at radius 3 is 2.24 bits per heavy atom. The molecular weight excluding hydrogens is 435 g/mol. The first-order valence-electron chi connectivity index (χ1n) is 7.56. The van der Waals surface area contributed by atoms with Crippen molar-refractivity contribution in [2.24, 2.45) is 0 Å². The Labute approximate surface area is 158 Å². The highest BCUT2D eigenvalue weighted by Gasteiger charge is 2.16. The molecule has 0 bridgehead atoms. The highest BCUT2D eigenvalue weighted by atomic mass is 127. The van der Waals surface area contributed by atoms with Crippen molar-refractivity contribution in [2.45, 2.75) is 13.8 Å². The smallest absolute Gasteiger partial charge is 0.190 e. The van der Waals surface area contributed by atoms with E-state index in [9.17, 15) is 9.90 Å². The van der Waals surface area contributed by atoms with Crippen LogP contribution in [0.2, 0.25) is 0 Å². The number of aryl methyl sites for hydroxylation is 2. The number of methoxy groups -OCH3 is 2. The maximum atomic E-state index is 12.7. The molecule has 1 aromatic heterocycles. The van der Waals surface area contributed by atoms with Gasteiger partial charge in [0.05, 0.1) is 28.6 Å². The quantitative estimate of drug-likeness (QED) is 0.597. The maximum absolute atomic E-state index is 12.7. The van der Waals surface area contributed by atoms with Gasteiger partial charge in [-0.2, -0.15) is 0 Å². The van der Waals surface area contributed by atoms with Gasteiger partial charge in [0.1, 0.15) is 17.3 Å². The molecule has 0 aliphatic carbocycles. The Kier molecular flexibility index (Phi) is 4.64. The van der Waals surface area contributed by atoms with Gasteiger partial charge in [0.25, 0.3) is 0 Å². The normalized spacial score (nSPS) is 10.9. The van der Waals surface area contributed by atoms with Crippen molar-refractivity contribution >= 4 is 33.4 Å². The zero-order valence-electron chi connectivity index (χ0n) is 14.3. The third-order valence-corrected chi connectivity index (χ3v) is 4.91. The molecule has 130 valence electrons. The molecule has 0 atom stereocenters. The standard InChI is InChI=1S/C19H17IO5/c1-9-17-14(21)6-12(7-15(22)18(17)10(2)25-9)11-5-13(20)19(24-4)16(8-11)23-3/h5-8,21H,1-4H3.